The Morgan fingerprint density at radius 3 is 2.46 bits per heavy atom. The molecule has 2 saturated heterocycles. The normalized spacial score (nSPS) is 24.6. The summed E-state index contributed by atoms with van der Waals surface area (Å²) in [5.41, 5.74) is -0.0995. The number of piperazine rings is 1. The van der Waals surface area contributed by atoms with Gasteiger partial charge in [-0.1, -0.05) is 13.8 Å². The molecule has 26 heavy (non-hydrogen) atoms. The molecule has 0 spiro atoms. The second kappa shape index (κ2) is 6.86. The highest BCUT2D eigenvalue weighted by Gasteiger charge is 2.49. The fraction of sp³-hybridized carbons (Fsp3) is 0.588. The van der Waals surface area contributed by atoms with Crippen molar-refractivity contribution in [2.75, 3.05) is 24.6 Å². The van der Waals surface area contributed by atoms with Crippen molar-refractivity contribution in [1.82, 2.24) is 14.8 Å². The van der Waals surface area contributed by atoms with E-state index in [0.717, 1.165) is 0 Å². The molecule has 0 bridgehead atoms. The predicted octanol–water partition coefficient (Wildman–Crippen LogP) is 0.283. The van der Waals surface area contributed by atoms with Crippen molar-refractivity contribution in [3.8, 4) is 5.75 Å². The molecule has 1 aromatic rings. The third-order valence-corrected chi connectivity index (χ3v) is 6.53. The lowest BCUT2D eigenvalue weighted by molar-refractivity contribution is -0.137. The van der Waals surface area contributed by atoms with E-state index in [9.17, 15) is 23.1 Å². The van der Waals surface area contributed by atoms with Crippen molar-refractivity contribution < 1.29 is 23.1 Å². The number of fused-ring (bicyclic) bond motifs is 1. The molecule has 2 fully saturated rings. The first-order chi connectivity index (χ1) is 12.2. The zero-order valence-electron chi connectivity index (χ0n) is 14.8. The van der Waals surface area contributed by atoms with Crippen LogP contribution in [0.3, 0.4) is 0 Å². The lowest BCUT2D eigenvalue weighted by atomic mass is 10.0. The van der Waals surface area contributed by atoms with Crippen LogP contribution >= 0.6 is 0 Å². The molecular weight excluding hydrogens is 358 g/mol. The monoisotopic (exact) mass is 381 g/mol. The van der Waals surface area contributed by atoms with Crippen molar-refractivity contribution in [2.24, 2.45) is 5.92 Å². The van der Waals surface area contributed by atoms with Crippen LogP contribution in [0.15, 0.2) is 18.3 Å². The van der Waals surface area contributed by atoms with E-state index >= 15 is 0 Å². The summed E-state index contributed by atoms with van der Waals surface area (Å²) >= 11 is 0. The minimum absolute atomic E-state index is 0.0834. The summed E-state index contributed by atoms with van der Waals surface area (Å²) in [6, 6.07) is 1.72. The number of carbonyl (C=O) groups excluding carboxylic acids is 2. The van der Waals surface area contributed by atoms with E-state index in [1.54, 1.807) is 4.90 Å². The smallest absolute Gasteiger partial charge is 0.276 e. The molecule has 0 aromatic carbocycles. The molecule has 0 radical (unpaired) electrons. The number of carbonyl (C=O) groups is 2. The standard InChI is InChI=1S/C17H23N3O5S/c1-11(2)8-15(22)19-6-7-20(13-10-26(24,25)9-12(13)19)17(23)16-14(21)4-3-5-18-16/h3-5,11-13,21H,6-10H2,1-2H3/t12-,13+/m0/s1. The molecule has 2 aliphatic heterocycles. The quantitative estimate of drug-likeness (QED) is 0.806. The zero-order chi connectivity index (χ0) is 19.1. The number of sulfone groups is 1. The summed E-state index contributed by atoms with van der Waals surface area (Å²) in [4.78, 5) is 32.3. The molecule has 3 heterocycles. The fourth-order valence-corrected chi connectivity index (χ4v) is 5.66. The minimum Gasteiger partial charge on any atom is -0.505 e. The first-order valence-electron chi connectivity index (χ1n) is 8.64. The Balaban J connectivity index is 1.88. The molecule has 0 aliphatic carbocycles. The molecular formula is C17H23N3O5S. The second-order valence-electron chi connectivity index (χ2n) is 7.27. The van der Waals surface area contributed by atoms with Crippen LogP contribution in [0.25, 0.3) is 0 Å². The maximum absolute atomic E-state index is 12.8. The summed E-state index contributed by atoms with van der Waals surface area (Å²) in [7, 11) is -3.35. The van der Waals surface area contributed by atoms with E-state index in [1.165, 1.54) is 23.2 Å². The summed E-state index contributed by atoms with van der Waals surface area (Å²) in [5, 5.41) is 9.90. The number of rotatable bonds is 3. The average molecular weight is 381 g/mol. The van der Waals surface area contributed by atoms with Gasteiger partial charge >= 0.3 is 0 Å². The number of nitrogens with zero attached hydrogens (tertiary/aromatic N) is 3. The van der Waals surface area contributed by atoms with Gasteiger partial charge in [0.1, 0.15) is 5.75 Å². The molecule has 1 aromatic heterocycles. The molecule has 2 atom stereocenters. The highest BCUT2D eigenvalue weighted by Crippen LogP contribution is 2.30. The fourth-order valence-electron chi connectivity index (χ4n) is 3.68. The average Bonchev–Trinajstić information content (AvgIpc) is 2.87. The van der Waals surface area contributed by atoms with Crippen molar-refractivity contribution >= 4 is 21.7 Å². The third kappa shape index (κ3) is 3.53. The van der Waals surface area contributed by atoms with E-state index in [0.29, 0.717) is 6.42 Å². The Morgan fingerprint density at radius 1 is 1.23 bits per heavy atom. The number of hydrogen-bond donors (Lipinski definition) is 1. The molecule has 0 unspecified atom stereocenters. The number of amides is 2. The highest BCUT2D eigenvalue weighted by atomic mass is 32.2. The van der Waals surface area contributed by atoms with Crippen LogP contribution in [0.4, 0.5) is 0 Å². The molecule has 8 nitrogen and oxygen atoms in total. The maximum atomic E-state index is 12.8. The van der Waals surface area contributed by atoms with Gasteiger partial charge < -0.3 is 14.9 Å². The molecule has 3 rings (SSSR count). The molecule has 2 aliphatic rings. The number of pyridine rings is 1. The predicted molar refractivity (Wildman–Crippen MR) is 94.3 cm³/mol. The van der Waals surface area contributed by atoms with Gasteiger partial charge in [-0.15, -0.1) is 0 Å². The summed E-state index contributed by atoms with van der Waals surface area (Å²) in [6.07, 6.45) is 1.75. The lowest BCUT2D eigenvalue weighted by Crippen LogP contribution is -2.62. The Hall–Kier alpha value is -2.16. The summed E-state index contributed by atoms with van der Waals surface area (Å²) < 4.78 is 24.4. The van der Waals surface area contributed by atoms with E-state index in [1.807, 2.05) is 13.8 Å². The lowest BCUT2D eigenvalue weighted by Gasteiger charge is -2.44. The second-order valence-corrected chi connectivity index (χ2v) is 9.42. The zero-order valence-corrected chi connectivity index (χ0v) is 15.6. The number of aromatic nitrogens is 1. The molecule has 2 amide bonds. The Bertz CT molecular complexity index is 823. The van der Waals surface area contributed by atoms with Crippen LogP contribution in [0.2, 0.25) is 0 Å². The first-order valence-corrected chi connectivity index (χ1v) is 10.5. The number of hydrogen-bond acceptors (Lipinski definition) is 6. The van der Waals surface area contributed by atoms with Crippen LogP contribution in [-0.2, 0) is 14.6 Å². The van der Waals surface area contributed by atoms with E-state index in [-0.39, 0.29) is 47.9 Å². The highest BCUT2D eigenvalue weighted by molar-refractivity contribution is 7.91. The van der Waals surface area contributed by atoms with Gasteiger partial charge in [0.25, 0.3) is 5.91 Å². The Labute approximate surface area is 152 Å². The van der Waals surface area contributed by atoms with Crippen molar-refractivity contribution in [3.63, 3.8) is 0 Å². The van der Waals surface area contributed by atoms with Gasteiger partial charge in [0.05, 0.1) is 23.6 Å². The maximum Gasteiger partial charge on any atom is 0.276 e. The van der Waals surface area contributed by atoms with Crippen LogP contribution in [0.5, 0.6) is 5.75 Å². The number of aromatic hydroxyl groups is 1. The topological polar surface area (TPSA) is 108 Å². The van der Waals surface area contributed by atoms with E-state index in [2.05, 4.69) is 4.98 Å². The van der Waals surface area contributed by atoms with Gasteiger partial charge in [-0.05, 0) is 18.1 Å². The van der Waals surface area contributed by atoms with Crippen molar-refractivity contribution in [3.05, 3.63) is 24.0 Å². The summed E-state index contributed by atoms with van der Waals surface area (Å²) in [5.74, 6) is -0.981. The Kier molecular flexibility index (Phi) is 4.92. The third-order valence-electron chi connectivity index (χ3n) is 4.83. The van der Waals surface area contributed by atoms with Crippen molar-refractivity contribution in [2.45, 2.75) is 32.4 Å². The van der Waals surface area contributed by atoms with Gasteiger partial charge in [0, 0.05) is 25.7 Å². The largest absolute Gasteiger partial charge is 0.505 e. The van der Waals surface area contributed by atoms with E-state index in [4.69, 9.17) is 0 Å². The van der Waals surface area contributed by atoms with Crippen LogP contribution in [0, 0.1) is 5.92 Å². The SMILES string of the molecule is CC(C)CC(=O)N1CCN(C(=O)c2ncccc2O)[C@@H]2CS(=O)(=O)C[C@@H]21. The molecule has 1 N–H and O–H groups in total. The van der Waals surface area contributed by atoms with Crippen LogP contribution in [-0.4, -0.2) is 76.8 Å². The molecule has 9 heteroatoms. The van der Waals surface area contributed by atoms with Gasteiger partial charge in [-0.3, -0.25) is 9.59 Å². The molecule has 0 saturated carbocycles. The molecule has 142 valence electrons. The van der Waals surface area contributed by atoms with Gasteiger partial charge in [-0.2, -0.15) is 0 Å². The van der Waals surface area contributed by atoms with Crippen LogP contribution < -0.4 is 0 Å². The van der Waals surface area contributed by atoms with E-state index < -0.39 is 27.8 Å². The minimum atomic E-state index is -3.35. The van der Waals surface area contributed by atoms with Gasteiger partial charge in [0.15, 0.2) is 15.5 Å². The summed E-state index contributed by atoms with van der Waals surface area (Å²) in [6.45, 7) is 4.37. The van der Waals surface area contributed by atoms with Gasteiger partial charge in [0.2, 0.25) is 5.91 Å². The van der Waals surface area contributed by atoms with Gasteiger partial charge in [-0.25, -0.2) is 13.4 Å². The van der Waals surface area contributed by atoms with Crippen LogP contribution in [0.1, 0.15) is 30.8 Å². The van der Waals surface area contributed by atoms with Crippen molar-refractivity contribution in [1.29, 1.82) is 0 Å². The first kappa shape index (κ1) is 18.6. The Morgan fingerprint density at radius 2 is 1.85 bits per heavy atom.